The first-order valence-electron chi connectivity index (χ1n) is 7.89. The summed E-state index contributed by atoms with van der Waals surface area (Å²) in [6, 6.07) is 1.41. The van der Waals surface area contributed by atoms with Gasteiger partial charge in [-0.1, -0.05) is 32.9 Å². The summed E-state index contributed by atoms with van der Waals surface area (Å²) in [5.41, 5.74) is 0.0441. The van der Waals surface area contributed by atoms with E-state index in [0.717, 1.165) is 6.04 Å². The minimum absolute atomic E-state index is 0.0441. The van der Waals surface area contributed by atoms with Gasteiger partial charge in [0.2, 0.25) is 0 Å². The molecular formula is C16H29NOSi. The Balaban J connectivity index is 1.90. The zero-order valence-electron chi connectivity index (χ0n) is 13.2. The van der Waals surface area contributed by atoms with Crippen LogP contribution in [0.1, 0.15) is 46.5 Å². The Hall–Kier alpha value is -0.123. The average molecular weight is 280 g/mol. The molecule has 0 N–H and O–H groups in total. The van der Waals surface area contributed by atoms with Crippen LogP contribution in [0.3, 0.4) is 0 Å². The molecule has 2 saturated heterocycles. The van der Waals surface area contributed by atoms with Gasteiger partial charge in [-0.15, -0.1) is 0 Å². The molecule has 0 saturated carbocycles. The Morgan fingerprint density at radius 3 is 2.74 bits per heavy atom. The number of fused-ring (bicyclic) bond motifs is 5. The smallest absolute Gasteiger partial charge is 0.193 e. The predicted octanol–water partition coefficient (Wildman–Crippen LogP) is 3.94. The number of nitrogens with zero attached hydrogens (tertiary/aromatic N) is 1. The summed E-state index contributed by atoms with van der Waals surface area (Å²) in [7, 11) is -1.70. The van der Waals surface area contributed by atoms with E-state index in [2.05, 4.69) is 50.9 Å². The second kappa shape index (κ2) is 4.19. The highest BCUT2D eigenvalue weighted by Crippen LogP contribution is 2.50. The van der Waals surface area contributed by atoms with E-state index in [-0.39, 0.29) is 5.60 Å². The van der Waals surface area contributed by atoms with E-state index in [9.17, 15) is 0 Å². The molecule has 3 aliphatic rings. The normalized spacial score (nSPS) is 38.8. The van der Waals surface area contributed by atoms with Gasteiger partial charge in [-0.05, 0) is 50.4 Å². The lowest BCUT2D eigenvalue weighted by Gasteiger charge is -2.45. The summed E-state index contributed by atoms with van der Waals surface area (Å²) in [5.74, 6) is 0. The van der Waals surface area contributed by atoms with Crippen molar-refractivity contribution in [3.8, 4) is 0 Å². The van der Waals surface area contributed by atoms with E-state index in [1.54, 1.807) is 0 Å². The van der Waals surface area contributed by atoms with Gasteiger partial charge in [-0.3, -0.25) is 4.90 Å². The molecule has 2 bridgehead atoms. The third-order valence-corrected chi connectivity index (χ3v) is 10.4. The summed E-state index contributed by atoms with van der Waals surface area (Å²) in [5, 5.41) is 0.300. The van der Waals surface area contributed by atoms with Gasteiger partial charge < -0.3 is 4.43 Å². The SMILES string of the molecule is CC(C)(C)[Si](C)(C)O[C@]12C=CC[C@H](C1)N1CCC[C@@H]12. The first-order chi connectivity index (χ1) is 8.75. The van der Waals surface area contributed by atoms with Crippen molar-refractivity contribution in [2.24, 2.45) is 0 Å². The van der Waals surface area contributed by atoms with Crippen LogP contribution in [0.5, 0.6) is 0 Å². The lowest BCUT2D eigenvalue weighted by atomic mass is 9.87. The Kier molecular flexibility index (Phi) is 3.05. The molecule has 0 radical (unpaired) electrons. The fourth-order valence-electron chi connectivity index (χ4n) is 3.97. The molecule has 3 heteroatoms. The standard InChI is InChI=1S/C16H29NOSi/c1-15(2,3)19(4,5)18-16-10-6-8-13(12-16)17-11-7-9-14(16)17/h6,10,13-14H,7-9,11-12H2,1-5H3/t13-,14-,16-/m1/s1. The predicted molar refractivity (Wildman–Crippen MR) is 82.9 cm³/mol. The molecule has 0 aromatic heterocycles. The van der Waals surface area contributed by atoms with Crippen molar-refractivity contribution in [1.29, 1.82) is 0 Å². The molecule has 0 unspecified atom stereocenters. The maximum absolute atomic E-state index is 6.95. The molecule has 0 aromatic rings. The van der Waals surface area contributed by atoms with E-state index in [4.69, 9.17) is 4.43 Å². The molecule has 2 heterocycles. The van der Waals surface area contributed by atoms with E-state index in [0.29, 0.717) is 11.1 Å². The third kappa shape index (κ3) is 2.05. The van der Waals surface area contributed by atoms with E-state index >= 15 is 0 Å². The van der Waals surface area contributed by atoms with Crippen molar-refractivity contribution >= 4 is 8.32 Å². The van der Waals surface area contributed by atoms with E-state index < -0.39 is 8.32 Å². The Labute approximate surface area is 119 Å². The minimum atomic E-state index is -1.70. The number of rotatable bonds is 2. The summed E-state index contributed by atoms with van der Waals surface area (Å²) >= 11 is 0. The van der Waals surface area contributed by atoms with Crippen LogP contribution >= 0.6 is 0 Å². The second-order valence-corrected chi connectivity index (χ2v) is 12.9. The van der Waals surface area contributed by atoms with Crippen molar-refractivity contribution in [3.63, 3.8) is 0 Å². The topological polar surface area (TPSA) is 12.5 Å². The van der Waals surface area contributed by atoms with Crippen LogP contribution in [0.15, 0.2) is 12.2 Å². The summed E-state index contributed by atoms with van der Waals surface area (Å²) < 4.78 is 6.95. The van der Waals surface area contributed by atoms with Crippen molar-refractivity contribution in [2.75, 3.05) is 6.54 Å². The molecule has 2 fully saturated rings. The van der Waals surface area contributed by atoms with Gasteiger partial charge in [0.05, 0.1) is 5.60 Å². The second-order valence-electron chi connectivity index (χ2n) is 8.21. The lowest BCUT2D eigenvalue weighted by molar-refractivity contribution is 0.0712. The van der Waals surface area contributed by atoms with E-state index in [1.165, 1.54) is 32.2 Å². The van der Waals surface area contributed by atoms with Gasteiger partial charge in [0.25, 0.3) is 0 Å². The van der Waals surface area contributed by atoms with Gasteiger partial charge >= 0.3 is 0 Å². The highest BCUT2D eigenvalue weighted by Gasteiger charge is 2.57. The summed E-state index contributed by atoms with van der Waals surface area (Å²) in [6.45, 7) is 13.1. The van der Waals surface area contributed by atoms with Crippen LogP contribution in [0.2, 0.25) is 18.1 Å². The van der Waals surface area contributed by atoms with Gasteiger partial charge in [0, 0.05) is 12.1 Å². The minimum Gasteiger partial charge on any atom is -0.406 e. The van der Waals surface area contributed by atoms with Gasteiger partial charge in [0.15, 0.2) is 8.32 Å². The van der Waals surface area contributed by atoms with Crippen molar-refractivity contribution < 1.29 is 4.43 Å². The molecule has 108 valence electrons. The van der Waals surface area contributed by atoms with Crippen LogP contribution in [-0.4, -0.2) is 37.4 Å². The molecule has 1 aliphatic carbocycles. The molecule has 19 heavy (non-hydrogen) atoms. The fourth-order valence-corrected chi connectivity index (χ4v) is 5.51. The lowest BCUT2D eigenvalue weighted by Crippen LogP contribution is -2.53. The van der Waals surface area contributed by atoms with E-state index in [1.807, 2.05) is 0 Å². The van der Waals surface area contributed by atoms with Crippen LogP contribution < -0.4 is 0 Å². The third-order valence-electron chi connectivity index (χ3n) is 5.94. The Morgan fingerprint density at radius 1 is 1.32 bits per heavy atom. The monoisotopic (exact) mass is 279 g/mol. The molecule has 0 spiro atoms. The molecule has 3 atom stereocenters. The summed E-state index contributed by atoms with van der Waals surface area (Å²) in [6.07, 6.45) is 9.98. The van der Waals surface area contributed by atoms with Crippen molar-refractivity contribution in [3.05, 3.63) is 12.2 Å². The first kappa shape index (κ1) is 13.8. The van der Waals surface area contributed by atoms with Crippen LogP contribution in [-0.2, 0) is 4.43 Å². The zero-order chi connectivity index (χ0) is 13.9. The maximum Gasteiger partial charge on any atom is 0.193 e. The highest BCUT2D eigenvalue weighted by atomic mass is 28.4. The zero-order valence-corrected chi connectivity index (χ0v) is 14.2. The quantitative estimate of drug-likeness (QED) is 0.561. The van der Waals surface area contributed by atoms with Crippen molar-refractivity contribution in [1.82, 2.24) is 4.90 Å². The number of hydrogen-bond donors (Lipinski definition) is 0. The average Bonchev–Trinajstić information content (AvgIpc) is 2.81. The van der Waals surface area contributed by atoms with Gasteiger partial charge in [-0.25, -0.2) is 0 Å². The van der Waals surface area contributed by atoms with Crippen LogP contribution in [0, 0.1) is 0 Å². The molecular weight excluding hydrogens is 250 g/mol. The largest absolute Gasteiger partial charge is 0.406 e. The molecule has 2 nitrogen and oxygen atoms in total. The number of hydrogen-bond acceptors (Lipinski definition) is 2. The van der Waals surface area contributed by atoms with Gasteiger partial charge in [0.1, 0.15) is 0 Å². The fraction of sp³-hybridized carbons (Fsp3) is 0.875. The first-order valence-corrected chi connectivity index (χ1v) is 10.8. The Morgan fingerprint density at radius 2 is 2.05 bits per heavy atom. The maximum atomic E-state index is 6.95. The van der Waals surface area contributed by atoms with Crippen molar-refractivity contribution in [2.45, 2.75) is 82.3 Å². The van der Waals surface area contributed by atoms with Gasteiger partial charge in [-0.2, -0.15) is 0 Å². The summed E-state index contributed by atoms with van der Waals surface area (Å²) in [4.78, 5) is 2.74. The molecule has 0 amide bonds. The molecule has 2 aliphatic heterocycles. The molecule has 0 aromatic carbocycles. The highest BCUT2D eigenvalue weighted by molar-refractivity contribution is 6.74. The van der Waals surface area contributed by atoms with Crippen LogP contribution in [0.4, 0.5) is 0 Å². The Bertz CT molecular complexity index is 398. The molecule has 3 rings (SSSR count). The van der Waals surface area contributed by atoms with Crippen LogP contribution in [0.25, 0.3) is 0 Å².